The Morgan fingerprint density at radius 3 is 2.77 bits per heavy atom. The van der Waals surface area contributed by atoms with Gasteiger partial charge in [-0.25, -0.2) is 8.42 Å². The lowest BCUT2D eigenvalue weighted by atomic mass is 10.1. The molecule has 2 atom stereocenters. The lowest BCUT2D eigenvalue weighted by Crippen LogP contribution is -2.42. The number of carbonyl (C=O) groups is 1. The molecule has 1 aromatic carbocycles. The van der Waals surface area contributed by atoms with Crippen LogP contribution in [-0.4, -0.2) is 50.3 Å². The number of nitrogens with one attached hydrogen (secondary N) is 2. The van der Waals surface area contributed by atoms with Crippen LogP contribution in [0.2, 0.25) is 0 Å². The third kappa shape index (κ3) is 4.76. The van der Waals surface area contributed by atoms with Crippen molar-refractivity contribution >= 4 is 28.3 Å². The van der Waals surface area contributed by atoms with Crippen molar-refractivity contribution in [1.29, 1.82) is 0 Å². The van der Waals surface area contributed by atoms with Gasteiger partial charge in [0.15, 0.2) is 0 Å². The van der Waals surface area contributed by atoms with Gasteiger partial charge in [0.25, 0.3) is 5.91 Å². The first-order valence-electron chi connectivity index (χ1n) is 9.12. The van der Waals surface area contributed by atoms with Gasteiger partial charge in [-0.05, 0) is 57.4 Å². The topological polar surface area (TPSA) is 78.5 Å². The van der Waals surface area contributed by atoms with E-state index in [1.807, 2.05) is 6.92 Å². The van der Waals surface area contributed by atoms with Crippen LogP contribution in [0.15, 0.2) is 29.2 Å². The van der Waals surface area contributed by atoms with E-state index in [4.69, 9.17) is 0 Å². The van der Waals surface area contributed by atoms with Crippen molar-refractivity contribution in [2.45, 2.75) is 56.0 Å². The first-order valence-corrected chi connectivity index (χ1v) is 10.6. The molecule has 0 aromatic heterocycles. The van der Waals surface area contributed by atoms with E-state index in [-0.39, 0.29) is 29.3 Å². The number of nitrogens with zero attached hydrogens (tertiary/aromatic N) is 1. The third-order valence-corrected chi connectivity index (χ3v) is 7.13. The van der Waals surface area contributed by atoms with E-state index in [9.17, 15) is 13.2 Å². The molecule has 1 aromatic rings. The number of sulfonamides is 1. The minimum Gasteiger partial charge on any atom is -0.350 e. The largest absolute Gasteiger partial charge is 0.350 e. The molecule has 0 bridgehead atoms. The van der Waals surface area contributed by atoms with Crippen LogP contribution >= 0.6 is 12.4 Å². The average Bonchev–Trinajstić information content (AvgIpc) is 3.13. The fourth-order valence-corrected chi connectivity index (χ4v) is 5.36. The van der Waals surface area contributed by atoms with Gasteiger partial charge in [-0.3, -0.25) is 4.79 Å². The molecular weight excluding hydrogens is 374 g/mol. The minimum absolute atomic E-state index is 0. The van der Waals surface area contributed by atoms with Crippen LogP contribution in [-0.2, 0) is 10.0 Å². The highest BCUT2D eigenvalue weighted by Gasteiger charge is 2.31. The number of carbonyl (C=O) groups excluding carboxylic acids is 1. The van der Waals surface area contributed by atoms with E-state index in [1.54, 1.807) is 22.5 Å². The summed E-state index contributed by atoms with van der Waals surface area (Å²) in [4.78, 5) is 12.6. The summed E-state index contributed by atoms with van der Waals surface area (Å²) in [6.07, 6.45) is 5.01. The summed E-state index contributed by atoms with van der Waals surface area (Å²) in [6, 6.07) is 6.69. The Morgan fingerprint density at radius 2 is 2.08 bits per heavy atom. The molecule has 2 fully saturated rings. The Labute approximate surface area is 162 Å². The summed E-state index contributed by atoms with van der Waals surface area (Å²) in [6.45, 7) is 4.05. The fourth-order valence-electron chi connectivity index (χ4n) is 3.61. The van der Waals surface area contributed by atoms with E-state index in [0.717, 1.165) is 38.6 Å². The molecule has 2 unspecified atom stereocenters. The van der Waals surface area contributed by atoms with Crippen molar-refractivity contribution in [2.24, 2.45) is 0 Å². The Morgan fingerprint density at radius 1 is 1.27 bits per heavy atom. The molecule has 3 rings (SSSR count). The predicted molar refractivity (Wildman–Crippen MR) is 104 cm³/mol. The second-order valence-corrected chi connectivity index (χ2v) is 8.88. The summed E-state index contributed by atoms with van der Waals surface area (Å²) in [7, 11) is -3.56. The van der Waals surface area contributed by atoms with Gasteiger partial charge in [-0.2, -0.15) is 4.31 Å². The van der Waals surface area contributed by atoms with Gasteiger partial charge in [-0.1, -0.05) is 12.5 Å². The van der Waals surface area contributed by atoms with E-state index in [0.29, 0.717) is 24.7 Å². The molecule has 0 spiro atoms. The number of piperidine rings is 1. The molecule has 2 N–H and O–H groups in total. The number of rotatable bonds is 5. The van der Waals surface area contributed by atoms with E-state index in [1.165, 1.54) is 6.07 Å². The molecule has 146 valence electrons. The van der Waals surface area contributed by atoms with Gasteiger partial charge in [0.2, 0.25) is 10.0 Å². The van der Waals surface area contributed by atoms with Gasteiger partial charge in [0, 0.05) is 30.7 Å². The number of benzene rings is 1. The molecular formula is C18H28ClN3O3S. The Balaban J connectivity index is 0.00000243. The molecule has 0 saturated carbocycles. The van der Waals surface area contributed by atoms with Crippen molar-refractivity contribution in [3.8, 4) is 0 Å². The van der Waals surface area contributed by atoms with E-state index >= 15 is 0 Å². The van der Waals surface area contributed by atoms with Crippen LogP contribution in [0.25, 0.3) is 0 Å². The fraction of sp³-hybridized carbons (Fsp3) is 0.611. The molecule has 6 nitrogen and oxygen atoms in total. The number of hydrogen-bond acceptors (Lipinski definition) is 4. The molecule has 8 heteroatoms. The van der Waals surface area contributed by atoms with Crippen LogP contribution in [0.4, 0.5) is 0 Å². The normalized spacial score (nSPS) is 24.0. The molecule has 0 aliphatic carbocycles. The van der Waals surface area contributed by atoms with Crippen molar-refractivity contribution in [3.63, 3.8) is 0 Å². The second kappa shape index (κ2) is 9.17. The minimum atomic E-state index is -3.56. The van der Waals surface area contributed by atoms with Crippen molar-refractivity contribution in [1.82, 2.24) is 14.9 Å². The van der Waals surface area contributed by atoms with Crippen LogP contribution in [0.3, 0.4) is 0 Å². The zero-order valence-electron chi connectivity index (χ0n) is 15.1. The van der Waals surface area contributed by atoms with E-state index in [2.05, 4.69) is 10.6 Å². The predicted octanol–water partition coefficient (Wildman–Crippen LogP) is 2.15. The first-order chi connectivity index (χ1) is 12.0. The van der Waals surface area contributed by atoms with E-state index < -0.39 is 10.0 Å². The SMILES string of the molecule is CC1CCCCN1S(=O)(=O)c1cccc(C(=O)NCC2CCCN2)c1.Cl. The lowest BCUT2D eigenvalue weighted by molar-refractivity contribution is 0.0950. The molecule has 2 aliphatic heterocycles. The molecule has 26 heavy (non-hydrogen) atoms. The summed E-state index contributed by atoms with van der Waals surface area (Å²) in [5.41, 5.74) is 0.392. The lowest BCUT2D eigenvalue weighted by Gasteiger charge is -2.32. The van der Waals surface area contributed by atoms with Crippen molar-refractivity contribution in [3.05, 3.63) is 29.8 Å². The maximum atomic E-state index is 12.9. The molecule has 1 amide bonds. The summed E-state index contributed by atoms with van der Waals surface area (Å²) < 4.78 is 27.4. The quantitative estimate of drug-likeness (QED) is 0.792. The first kappa shape index (κ1) is 21.2. The van der Waals surface area contributed by atoms with Crippen molar-refractivity contribution in [2.75, 3.05) is 19.6 Å². The van der Waals surface area contributed by atoms with Gasteiger partial charge in [0.05, 0.1) is 4.90 Å². The number of amides is 1. The average molecular weight is 402 g/mol. The zero-order valence-corrected chi connectivity index (χ0v) is 16.7. The Kier molecular flexibility index (Phi) is 7.46. The smallest absolute Gasteiger partial charge is 0.251 e. The highest BCUT2D eigenvalue weighted by Crippen LogP contribution is 2.25. The maximum absolute atomic E-state index is 12.9. The highest BCUT2D eigenvalue weighted by atomic mass is 35.5. The van der Waals surface area contributed by atoms with Gasteiger partial charge in [0.1, 0.15) is 0 Å². The van der Waals surface area contributed by atoms with Crippen LogP contribution < -0.4 is 10.6 Å². The molecule has 0 radical (unpaired) electrons. The summed E-state index contributed by atoms with van der Waals surface area (Å²) >= 11 is 0. The number of hydrogen-bond donors (Lipinski definition) is 2. The van der Waals surface area contributed by atoms with Crippen LogP contribution in [0, 0.1) is 0 Å². The Bertz CT molecular complexity index is 720. The Hall–Kier alpha value is -1.15. The monoisotopic (exact) mass is 401 g/mol. The standard InChI is InChI=1S/C18H27N3O3S.ClH/c1-14-6-2-3-11-21(14)25(23,24)17-9-4-7-15(12-17)18(22)20-13-16-8-5-10-19-16;/h4,7,9,12,14,16,19H,2-3,5-6,8,10-11,13H2,1H3,(H,20,22);1H. The summed E-state index contributed by atoms with van der Waals surface area (Å²) in [5, 5.41) is 6.23. The molecule has 2 saturated heterocycles. The van der Waals surface area contributed by atoms with Gasteiger partial charge in [-0.15, -0.1) is 12.4 Å². The summed E-state index contributed by atoms with van der Waals surface area (Å²) in [5.74, 6) is -0.225. The number of halogens is 1. The third-order valence-electron chi connectivity index (χ3n) is 5.12. The second-order valence-electron chi connectivity index (χ2n) is 6.99. The zero-order chi connectivity index (χ0) is 17.9. The maximum Gasteiger partial charge on any atom is 0.251 e. The van der Waals surface area contributed by atoms with Gasteiger partial charge < -0.3 is 10.6 Å². The van der Waals surface area contributed by atoms with Crippen molar-refractivity contribution < 1.29 is 13.2 Å². The molecule has 2 heterocycles. The molecule has 2 aliphatic rings. The van der Waals surface area contributed by atoms with Crippen LogP contribution in [0.5, 0.6) is 0 Å². The van der Waals surface area contributed by atoms with Crippen LogP contribution in [0.1, 0.15) is 49.4 Å². The highest BCUT2D eigenvalue weighted by molar-refractivity contribution is 7.89. The van der Waals surface area contributed by atoms with Gasteiger partial charge >= 0.3 is 0 Å².